The van der Waals surface area contributed by atoms with E-state index in [1.807, 2.05) is 6.92 Å². The molecule has 0 amide bonds. The minimum Gasteiger partial charge on any atom is -0.311 e. The highest BCUT2D eigenvalue weighted by molar-refractivity contribution is 5.06. The number of halogens is 2. The van der Waals surface area contributed by atoms with E-state index in [9.17, 15) is 8.78 Å². The van der Waals surface area contributed by atoms with Gasteiger partial charge in [0.05, 0.1) is 17.9 Å². The second-order valence-electron chi connectivity index (χ2n) is 4.60. The summed E-state index contributed by atoms with van der Waals surface area (Å²) in [6, 6.07) is -0.0849. The maximum Gasteiger partial charge on any atom is 0.248 e. The van der Waals surface area contributed by atoms with E-state index in [2.05, 4.69) is 15.6 Å². The monoisotopic (exact) mass is 244 g/mol. The number of nitrogens with one attached hydrogen (secondary N) is 1. The van der Waals surface area contributed by atoms with Crippen LogP contribution >= 0.6 is 0 Å². The van der Waals surface area contributed by atoms with Crippen LogP contribution in [0.2, 0.25) is 0 Å². The number of hydrogen-bond donors (Lipinski definition) is 1. The van der Waals surface area contributed by atoms with E-state index < -0.39 is 5.92 Å². The van der Waals surface area contributed by atoms with E-state index in [-0.39, 0.29) is 24.8 Å². The van der Waals surface area contributed by atoms with Crippen LogP contribution < -0.4 is 5.32 Å². The highest BCUT2D eigenvalue weighted by Crippen LogP contribution is 2.44. The molecule has 1 fully saturated rings. The molecular weight excluding hydrogens is 226 g/mol. The van der Waals surface area contributed by atoms with Gasteiger partial charge in [-0.25, -0.2) is 13.5 Å². The third-order valence-corrected chi connectivity index (χ3v) is 3.49. The topological polar surface area (TPSA) is 42.7 Å². The Morgan fingerprint density at radius 1 is 1.65 bits per heavy atom. The quantitative estimate of drug-likeness (QED) is 0.880. The Kier molecular flexibility index (Phi) is 3.42. The fourth-order valence-corrected chi connectivity index (χ4v) is 2.65. The molecular formula is C11H18F2N4. The Morgan fingerprint density at radius 2 is 2.41 bits per heavy atom. The van der Waals surface area contributed by atoms with Gasteiger partial charge in [0.15, 0.2) is 0 Å². The van der Waals surface area contributed by atoms with Gasteiger partial charge in [0.25, 0.3) is 0 Å². The normalized spacial score (nSPS) is 25.1. The molecule has 0 bridgehead atoms. The molecule has 1 aromatic heterocycles. The van der Waals surface area contributed by atoms with Crippen molar-refractivity contribution in [1.29, 1.82) is 0 Å². The van der Waals surface area contributed by atoms with E-state index in [0.717, 1.165) is 5.69 Å². The van der Waals surface area contributed by atoms with Gasteiger partial charge in [-0.15, -0.1) is 5.10 Å². The molecule has 1 aromatic rings. The first-order valence-corrected chi connectivity index (χ1v) is 6.01. The van der Waals surface area contributed by atoms with Crippen LogP contribution in [-0.2, 0) is 6.54 Å². The minimum absolute atomic E-state index is 0.0104. The first kappa shape index (κ1) is 12.4. The van der Waals surface area contributed by atoms with Crippen molar-refractivity contribution in [3.63, 3.8) is 0 Å². The number of rotatable bonds is 4. The molecule has 6 heteroatoms. The smallest absolute Gasteiger partial charge is 0.248 e. The van der Waals surface area contributed by atoms with Gasteiger partial charge in [0.2, 0.25) is 5.92 Å². The highest BCUT2D eigenvalue weighted by Gasteiger charge is 2.43. The Balaban J connectivity index is 2.17. The lowest BCUT2D eigenvalue weighted by Crippen LogP contribution is -2.27. The van der Waals surface area contributed by atoms with Crippen LogP contribution in [0.15, 0.2) is 6.20 Å². The SMILES string of the molecule is CCn1nncc1C(NC)C1CCC(F)(F)C1. The van der Waals surface area contributed by atoms with Gasteiger partial charge in [0.1, 0.15) is 0 Å². The minimum atomic E-state index is -2.51. The Morgan fingerprint density at radius 3 is 2.94 bits per heavy atom. The number of alkyl halides is 2. The van der Waals surface area contributed by atoms with Crippen molar-refractivity contribution in [2.75, 3.05) is 7.05 Å². The molecule has 0 aromatic carbocycles. The first-order valence-electron chi connectivity index (χ1n) is 6.01. The number of aromatic nitrogens is 3. The second kappa shape index (κ2) is 4.68. The van der Waals surface area contributed by atoms with E-state index >= 15 is 0 Å². The van der Waals surface area contributed by atoms with Crippen molar-refractivity contribution < 1.29 is 8.78 Å². The lowest BCUT2D eigenvalue weighted by atomic mass is 9.95. The van der Waals surface area contributed by atoms with Gasteiger partial charge < -0.3 is 5.32 Å². The van der Waals surface area contributed by atoms with Crippen LogP contribution in [0.4, 0.5) is 8.78 Å². The van der Waals surface area contributed by atoms with E-state index in [1.165, 1.54) is 0 Å². The molecule has 1 saturated carbocycles. The average molecular weight is 244 g/mol. The van der Waals surface area contributed by atoms with Crippen molar-refractivity contribution in [3.8, 4) is 0 Å². The van der Waals surface area contributed by atoms with Gasteiger partial charge in [-0.05, 0) is 26.3 Å². The van der Waals surface area contributed by atoms with Crippen LogP contribution in [0.25, 0.3) is 0 Å². The first-order chi connectivity index (χ1) is 8.07. The molecule has 0 spiro atoms. The average Bonchev–Trinajstić information content (AvgIpc) is 2.87. The van der Waals surface area contributed by atoms with Crippen molar-refractivity contribution in [3.05, 3.63) is 11.9 Å². The summed E-state index contributed by atoms with van der Waals surface area (Å²) in [6.07, 6.45) is 2.16. The van der Waals surface area contributed by atoms with Crippen LogP contribution in [0, 0.1) is 5.92 Å². The fourth-order valence-electron chi connectivity index (χ4n) is 2.65. The van der Waals surface area contributed by atoms with Crippen LogP contribution in [0.3, 0.4) is 0 Å². The Bertz CT molecular complexity index is 377. The molecule has 0 aliphatic heterocycles. The van der Waals surface area contributed by atoms with Gasteiger partial charge >= 0.3 is 0 Å². The summed E-state index contributed by atoms with van der Waals surface area (Å²) in [5.74, 6) is -2.55. The van der Waals surface area contributed by atoms with Gasteiger partial charge in [-0.3, -0.25) is 0 Å². The zero-order chi connectivity index (χ0) is 12.5. The molecule has 1 aliphatic rings. The summed E-state index contributed by atoms with van der Waals surface area (Å²) >= 11 is 0. The molecule has 0 radical (unpaired) electrons. The van der Waals surface area contributed by atoms with Crippen molar-refractivity contribution in [2.24, 2.45) is 5.92 Å². The molecule has 4 nitrogen and oxygen atoms in total. The summed E-state index contributed by atoms with van der Waals surface area (Å²) in [7, 11) is 1.80. The molecule has 2 atom stereocenters. The molecule has 0 saturated heterocycles. The maximum atomic E-state index is 13.2. The third kappa shape index (κ3) is 2.46. The van der Waals surface area contributed by atoms with Crippen LogP contribution in [0.5, 0.6) is 0 Å². The number of aryl methyl sites for hydroxylation is 1. The zero-order valence-corrected chi connectivity index (χ0v) is 10.2. The van der Waals surface area contributed by atoms with Crippen LogP contribution in [0.1, 0.15) is 37.9 Å². The van der Waals surface area contributed by atoms with Gasteiger partial charge in [-0.2, -0.15) is 0 Å². The third-order valence-electron chi connectivity index (χ3n) is 3.49. The predicted molar refractivity (Wildman–Crippen MR) is 59.8 cm³/mol. The van der Waals surface area contributed by atoms with Crippen molar-refractivity contribution >= 4 is 0 Å². The van der Waals surface area contributed by atoms with E-state index in [4.69, 9.17) is 0 Å². The molecule has 1 heterocycles. The summed E-state index contributed by atoms with van der Waals surface area (Å²) in [6.45, 7) is 2.67. The summed E-state index contributed by atoms with van der Waals surface area (Å²) < 4.78 is 28.3. The molecule has 96 valence electrons. The number of hydrogen-bond acceptors (Lipinski definition) is 3. The molecule has 1 aliphatic carbocycles. The van der Waals surface area contributed by atoms with Crippen molar-refractivity contribution in [1.82, 2.24) is 20.3 Å². The molecule has 17 heavy (non-hydrogen) atoms. The molecule has 2 rings (SSSR count). The van der Waals surface area contributed by atoms with E-state index in [1.54, 1.807) is 17.9 Å². The summed E-state index contributed by atoms with van der Waals surface area (Å²) in [5, 5.41) is 10.9. The summed E-state index contributed by atoms with van der Waals surface area (Å²) in [4.78, 5) is 0. The Hall–Kier alpha value is -1.04. The number of nitrogens with zero attached hydrogens (tertiary/aromatic N) is 3. The standard InChI is InChI=1S/C11H18F2N4/c1-3-17-9(7-15-16-17)10(14-2)8-4-5-11(12,13)6-8/h7-8,10,14H,3-6H2,1-2H3. The van der Waals surface area contributed by atoms with Crippen molar-refractivity contribution in [2.45, 2.75) is 44.7 Å². The Labute approximate surface area is 99.4 Å². The maximum absolute atomic E-state index is 13.2. The zero-order valence-electron chi connectivity index (χ0n) is 10.2. The summed E-state index contributed by atoms with van der Waals surface area (Å²) in [5.41, 5.74) is 0.901. The van der Waals surface area contributed by atoms with Crippen LogP contribution in [-0.4, -0.2) is 28.0 Å². The molecule has 2 unspecified atom stereocenters. The lowest BCUT2D eigenvalue weighted by Gasteiger charge is -2.23. The fraction of sp³-hybridized carbons (Fsp3) is 0.818. The molecule has 1 N–H and O–H groups in total. The lowest BCUT2D eigenvalue weighted by molar-refractivity contribution is 0.00325. The predicted octanol–water partition coefficient (Wildman–Crippen LogP) is 1.99. The van der Waals surface area contributed by atoms with Gasteiger partial charge in [0, 0.05) is 19.4 Å². The second-order valence-corrected chi connectivity index (χ2v) is 4.60. The largest absolute Gasteiger partial charge is 0.311 e. The van der Waals surface area contributed by atoms with E-state index in [0.29, 0.717) is 13.0 Å². The highest BCUT2D eigenvalue weighted by atomic mass is 19.3. The van der Waals surface area contributed by atoms with Gasteiger partial charge in [-0.1, -0.05) is 5.21 Å².